The van der Waals surface area contributed by atoms with Crippen molar-refractivity contribution >= 4 is 6.09 Å². The molecule has 0 aliphatic heterocycles. The molecule has 84 valence electrons. The molecule has 0 heterocycles. The Labute approximate surface area is 79.3 Å². The van der Waals surface area contributed by atoms with Crippen molar-refractivity contribution in [2.24, 2.45) is 0 Å². The summed E-state index contributed by atoms with van der Waals surface area (Å²) in [7, 11) is 0. The summed E-state index contributed by atoms with van der Waals surface area (Å²) in [5, 5.41) is 8.28. The maximum atomic E-state index is 11.9. The molecule has 0 saturated carbocycles. The molecule has 0 radical (unpaired) electrons. The van der Waals surface area contributed by atoms with E-state index in [2.05, 4.69) is 4.74 Å². The number of rotatable bonds is 4. The van der Waals surface area contributed by atoms with E-state index in [-0.39, 0.29) is 13.2 Å². The van der Waals surface area contributed by atoms with E-state index < -0.39 is 25.4 Å². The molecule has 0 atom stereocenters. The van der Waals surface area contributed by atoms with E-state index in [0.29, 0.717) is 4.90 Å². The number of nitrogens with zero attached hydrogens (tertiary/aromatic N) is 1. The van der Waals surface area contributed by atoms with Gasteiger partial charge in [-0.05, 0) is 6.92 Å². The summed E-state index contributed by atoms with van der Waals surface area (Å²) in [5.41, 5.74) is 0. The van der Waals surface area contributed by atoms with Crippen LogP contribution in [0.3, 0.4) is 0 Å². The summed E-state index contributed by atoms with van der Waals surface area (Å²) < 4.78 is 40.0. The molecule has 0 saturated heterocycles. The second-order valence-corrected chi connectivity index (χ2v) is 2.47. The predicted octanol–water partition coefficient (Wildman–Crippen LogP) is 0.999. The molecule has 0 rings (SSSR count). The first kappa shape index (κ1) is 13.0. The van der Waals surface area contributed by atoms with Crippen molar-refractivity contribution in [2.45, 2.75) is 13.1 Å². The molecule has 0 fully saturated rings. The van der Waals surface area contributed by atoms with Crippen molar-refractivity contribution in [3.05, 3.63) is 0 Å². The van der Waals surface area contributed by atoms with E-state index in [1.165, 1.54) is 6.92 Å². The van der Waals surface area contributed by atoms with Crippen LogP contribution in [-0.4, -0.2) is 48.6 Å². The molecule has 1 amide bonds. The standard InChI is InChI=1S/C7H12F3NO3/c1-2-11(5-7(8,9)10)6(13)14-4-3-12/h12H,2-5H2,1H3. The van der Waals surface area contributed by atoms with Crippen LogP contribution in [0, 0.1) is 0 Å². The normalized spacial score (nSPS) is 11.2. The summed E-state index contributed by atoms with van der Waals surface area (Å²) in [6.45, 7) is -0.730. The van der Waals surface area contributed by atoms with Crippen LogP contribution in [0.5, 0.6) is 0 Å². The summed E-state index contributed by atoms with van der Waals surface area (Å²) in [6.07, 6.45) is -5.51. The number of aliphatic hydroxyl groups is 1. The van der Waals surface area contributed by atoms with Gasteiger partial charge in [0.1, 0.15) is 13.2 Å². The lowest BCUT2D eigenvalue weighted by Gasteiger charge is -2.21. The Morgan fingerprint density at radius 3 is 2.43 bits per heavy atom. The van der Waals surface area contributed by atoms with Gasteiger partial charge in [0.15, 0.2) is 0 Å². The topological polar surface area (TPSA) is 49.8 Å². The van der Waals surface area contributed by atoms with Crippen molar-refractivity contribution in [2.75, 3.05) is 26.3 Å². The SMILES string of the molecule is CCN(CC(F)(F)F)C(=O)OCCO. The molecule has 7 heteroatoms. The molecule has 4 nitrogen and oxygen atoms in total. The van der Waals surface area contributed by atoms with Crippen LogP contribution in [0.1, 0.15) is 6.92 Å². The molecular formula is C7H12F3NO3. The summed E-state index contributed by atoms with van der Waals surface area (Å²) >= 11 is 0. The number of alkyl halides is 3. The van der Waals surface area contributed by atoms with Gasteiger partial charge in [0.2, 0.25) is 0 Å². The minimum absolute atomic E-state index is 0.0935. The fourth-order valence-electron chi connectivity index (χ4n) is 0.746. The molecule has 1 N–H and O–H groups in total. The highest BCUT2D eigenvalue weighted by Gasteiger charge is 2.32. The molecule has 0 aromatic carbocycles. The largest absolute Gasteiger partial charge is 0.447 e. The summed E-state index contributed by atoms with van der Waals surface area (Å²) in [5.74, 6) is 0. The third-order valence-electron chi connectivity index (χ3n) is 1.33. The second kappa shape index (κ2) is 5.69. The van der Waals surface area contributed by atoms with Crippen molar-refractivity contribution in [1.82, 2.24) is 4.90 Å². The average molecular weight is 215 g/mol. The first-order chi connectivity index (χ1) is 6.40. The van der Waals surface area contributed by atoms with Gasteiger partial charge < -0.3 is 9.84 Å². The first-order valence-corrected chi connectivity index (χ1v) is 4.00. The quantitative estimate of drug-likeness (QED) is 0.761. The zero-order chi connectivity index (χ0) is 11.2. The molecule has 14 heavy (non-hydrogen) atoms. The van der Waals surface area contributed by atoms with E-state index in [1.54, 1.807) is 0 Å². The highest BCUT2D eigenvalue weighted by Crippen LogP contribution is 2.16. The van der Waals surface area contributed by atoms with Crippen LogP contribution in [0.2, 0.25) is 0 Å². The van der Waals surface area contributed by atoms with Crippen LogP contribution in [0.15, 0.2) is 0 Å². The van der Waals surface area contributed by atoms with Crippen molar-refractivity contribution in [1.29, 1.82) is 0 Å². The third-order valence-corrected chi connectivity index (χ3v) is 1.33. The number of amides is 1. The molecule has 0 aromatic heterocycles. The van der Waals surface area contributed by atoms with Gasteiger partial charge in [0, 0.05) is 6.54 Å². The lowest BCUT2D eigenvalue weighted by atomic mass is 10.5. The van der Waals surface area contributed by atoms with Gasteiger partial charge in [-0.2, -0.15) is 13.2 Å². The molecule has 0 spiro atoms. The zero-order valence-corrected chi connectivity index (χ0v) is 7.67. The summed E-state index contributed by atoms with van der Waals surface area (Å²) in [4.78, 5) is 11.4. The van der Waals surface area contributed by atoms with E-state index in [9.17, 15) is 18.0 Å². The fraction of sp³-hybridized carbons (Fsp3) is 0.857. The Bertz CT molecular complexity index is 184. The van der Waals surface area contributed by atoms with Gasteiger partial charge in [0.25, 0.3) is 0 Å². The fourth-order valence-corrected chi connectivity index (χ4v) is 0.746. The van der Waals surface area contributed by atoms with Crippen LogP contribution in [0.25, 0.3) is 0 Å². The Hall–Kier alpha value is -0.980. The monoisotopic (exact) mass is 215 g/mol. The lowest BCUT2D eigenvalue weighted by molar-refractivity contribution is -0.142. The lowest BCUT2D eigenvalue weighted by Crippen LogP contribution is -2.39. The van der Waals surface area contributed by atoms with Gasteiger partial charge >= 0.3 is 12.3 Å². The Balaban J connectivity index is 4.06. The number of aliphatic hydroxyl groups excluding tert-OH is 1. The van der Waals surface area contributed by atoms with Crippen molar-refractivity contribution < 1.29 is 27.8 Å². The number of hydrogen-bond donors (Lipinski definition) is 1. The maximum Gasteiger partial charge on any atom is 0.410 e. The van der Waals surface area contributed by atoms with E-state index in [4.69, 9.17) is 5.11 Å². The smallest absolute Gasteiger partial charge is 0.410 e. The zero-order valence-electron chi connectivity index (χ0n) is 7.67. The summed E-state index contributed by atoms with van der Waals surface area (Å²) in [6, 6.07) is 0. The van der Waals surface area contributed by atoms with Crippen LogP contribution >= 0.6 is 0 Å². The first-order valence-electron chi connectivity index (χ1n) is 4.00. The molecule has 0 aliphatic carbocycles. The average Bonchev–Trinajstić information content (AvgIpc) is 2.08. The Kier molecular flexibility index (Phi) is 5.29. The highest BCUT2D eigenvalue weighted by atomic mass is 19.4. The van der Waals surface area contributed by atoms with Crippen molar-refractivity contribution in [3.8, 4) is 0 Å². The van der Waals surface area contributed by atoms with Crippen LogP contribution in [0.4, 0.5) is 18.0 Å². The predicted molar refractivity (Wildman–Crippen MR) is 41.7 cm³/mol. The Morgan fingerprint density at radius 2 is 2.07 bits per heavy atom. The van der Waals surface area contributed by atoms with Crippen LogP contribution < -0.4 is 0 Å². The number of carbonyl (C=O) groups excluding carboxylic acids is 1. The van der Waals surface area contributed by atoms with E-state index in [1.807, 2.05) is 0 Å². The minimum Gasteiger partial charge on any atom is -0.447 e. The molecule has 0 aliphatic rings. The number of carbonyl (C=O) groups is 1. The third kappa shape index (κ3) is 5.63. The second-order valence-electron chi connectivity index (χ2n) is 2.47. The van der Waals surface area contributed by atoms with Gasteiger partial charge in [0.05, 0.1) is 6.61 Å². The molecule has 0 aromatic rings. The molecular weight excluding hydrogens is 203 g/mol. The van der Waals surface area contributed by atoms with Crippen LogP contribution in [-0.2, 0) is 4.74 Å². The van der Waals surface area contributed by atoms with Gasteiger partial charge in [-0.25, -0.2) is 4.79 Å². The van der Waals surface area contributed by atoms with E-state index in [0.717, 1.165) is 0 Å². The maximum absolute atomic E-state index is 11.9. The number of hydrogen-bond acceptors (Lipinski definition) is 3. The van der Waals surface area contributed by atoms with Crippen molar-refractivity contribution in [3.63, 3.8) is 0 Å². The number of halogens is 3. The Morgan fingerprint density at radius 1 is 1.50 bits per heavy atom. The van der Waals surface area contributed by atoms with Gasteiger partial charge in [-0.1, -0.05) is 0 Å². The van der Waals surface area contributed by atoms with E-state index >= 15 is 0 Å². The molecule has 0 unspecified atom stereocenters. The number of ether oxygens (including phenoxy) is 1. The van der Waals surface area contributed by atoms with Gasteiger partial charge in [-0.3, -0.25) is 4.90 Å². The molecule has 0 bridgehead atoms. The minimum atomic E-state index is -4.44. The van der Waals surface area contributed by atoms with Gasteiger partial charge in [-0.15, -0.1) is 0 Å². The highest BCUT2D eigenvalue weighted by molar-refractivity contribution is 5.67.